The first kappa shape index (κ1) is 8.52. The molecule has 13 heavy (non-hydrogen) atoms. The quantitative estimate of drug-likeness (QED) is 0.594. The van der Waals surface area contributed by atoms with E-state index in [-0.39, 0.29) is 12.2 Å². The van der Waals surface area contributed by atoms with E-state index in [1.54, 1.807) is 0 Å². The molecule has 0 saturated heterocycles. The fourth-order valence-electron chi connectivity index (χ4n) is 1.64. The number of hydrogen-bond acceptors (Lipinski definition) is 1. The van der Waals surface area contributed by atoms with Gasteiger partial charge in [0.25, 0.3) is 0 Å². The van der Waals surface area contributed by atoms with E-state index in [4.69, 9.17) is 4.74 Å². The lowest BCUT2D eigenvalue weighted by molar-refractivity contribution is 0.0146. The van der Waals surface area contributed by atoms with Gasteiger partial charge in [-0.25, -0.2) is 0 Å². The summed E-state index contributed by atoms with van der Waals surface area (Å²) >= 11 is 0. The third-order valence-electron chi connectivity index (χ3n) is 2.31. The molecule has 0 radical (unpaired) electrons. The zero-order chi connectivity index (χ0) is 9.10. The maximum absolute atomic E-state index is 5.79. The molecule has 0 spiro atoms. The van der Waals surface area contributed by atoms with E-state index in [1.807, 2.05) is 6.07 Å². The lowest BCUT2D eigenvalue weighted by Gasteiger charge is -2.23. The summed E-state index contributed by atoms with van der Waals surface area (Å²) in [5.41, 5.74) is 1.28. The minimum Gasteiger partial charge on any atom is -0.366 e. The van der Waals surface area contributed by atoms with Crippen molar-refractivity contribution in [2.45, 2.75) is 25.6 Å². The van der Waals surface area contributed by atoms with Gasteiger partial charge in [-0.3, -0.25) is 0 Å². The molecule has 1 aromatic rings. The maximum Gasteiger partial charge on any atom is 0.0867 e. The van der Waals surface area contributed by atoms with Gasteiger partial charge in [0.1, 0.15) is 0 Å². The van der Waals surface area contributed by atoms with Crippen molar-refractivity contribution in [3.8, 4) is 0 Å². The molecule has 1 aromatic carbocycles. The van der Waals surface area contributed by atoms with Gasteiger partial charge in [-0.2, -0.15) is 0 Å². The third-order valence-corrected chi connectivity index (χ3v) is 2.31. The molecular formula is C12H14O. The summed E-state index contributed by atoms with van der Waals surface area (Å²) in [5, 5.41) is 0. The Morgan fingerprint density at radius 2 is 2.00 bits per heavy atom. The largest absolute Gasteiger partial charge is 0.366 e. The lowest BCUT2D eigenvalue weighted by atomic mass is 10.0. The molecule has 0 aliphatic carbocycles. The number of benzene rings is 1. The molecule has 68 valence electrons. The van der Waals surface area contributed by atoms with Crippen LogP contribution in [0.4, 0.5) is 0 Å². The van der Waals surface area contributed by atoms with E-state index in [9.17, 15) is 0 Å². The molecule has 0 fully saturated rings. The first-order valence-corrected chi connectivity index (χ1v) is 4.73. The highest BCUT2D eigenvalue weighted by Gasteiger charge is 2.15. The SMILES string of the molecule is C[C@@H]1C=CC[C@@H](c2ccccc2)O1. The molecule has 1 heteroatoms. The predicted octanol–water partition coefficient (Wildman–Crippen LogP) is 3.09. The standard InChI is InChI=1S/C12H14O/c1-10-6-5-9-12(13-10)11-7-3-2-4-8-11/h2-8,10,12H,9H2,1H3/t10-,12+/m1/s1. The molecule has 1 heterocycles. The Morgan fingerprint density at radius 1 is 1.23 bits per heavy atom. The van der Waals surface area contributed by atoms with Crippen LogP contribution in [0, 0.1) is 0 Å². The molecule has 1 aliphatic heterocycles. The number of ether oxygens (including phenoxy) is 1. The molecule has 0 bridgehead atoms. The van der Waals surface area contributed by atoms with Gasteiger partial charge in [-0.15, -0.1) is 0 Å². The summed E-state index contributed by atoms with van der Waals surface area (Å²) < 4.78 is 5.79. The second kappa shape index (κ2) is 3.75. The second-order valence-electron chi connectivity index (χ2n) is 3.40. The van der Waals surface area contributed by atoms with Crippen molar-refractivity contribution >= 4 is 0 Å². The molecular weight excluding hydrogens is 160 g/mol. The van der Waals surface area contributed by atoms with Crippen molar-refractivity contribution in [1.29, 1.82) is 0 Å². The highest BCUT2D eigenvalue weighted by Crippen LogP contribution is 2.26. The van der Waals surface area contributed by atoms with E-state index in [2.05, 4.69) is 43.3 Å². The molecule has 0 aromatic heterocycles. The Balaban J connectivity index is 2.15. The molecule has 0 amide bonds. The Kier molecular flexibility index (Phi) is 2.46. The number of hydrogen-bond donors (Lipinski definition) is 0. The van der Waals surface area contributed by atoms with Crippen molar-refractivity contribution < 1.29 is 4.74 Å². The molecule has 0 N–H and O–H groups in total. The second-order valence-corrected chi connectivity index (χ2v) is 3.40. The summed E-state index contributed by atoms with van der Waals surface area (Å²) in [6, 6.07) is 10.4. The van der Waals surface area contributed by atoms with E-state index in [1.165, 1.54) is 5.56 Å². The highest BCUT2D eigenvalue weighted by molar-refractivity contribution is 5.19. The van der Waals surface area contributed by atoms with Gasteiger partial charge in [0.05, 0.1) is 12.2 Å². The average molecular weight is 174 g/mol. The van der Waals surface area contributed by atoms with E-state index >= 15 is 0 Å². The van der Waals surface area contributed by atoms with Crippen LogP contribution in [0.25, 0.3) is 0 Å². The third kappa shape index (κ3) is 1.99. The molecule has 1 aliphatic rings. The van der Waals surface area contributed by atoms with Gasteiger partial charge in [0.15, 0.2) is 0 Å². The van der Waals surface area contributed by atoms with Crippen LogP contribution in [0.15, 0.2) is 42.5 Å². The van der Waals surface area contributed by atoms with Gasteiger partial charge in [-0.05, 0) is 18.9 Å². The lowest BCUT2D eigenvalue weighted by Crippen LogP contribution is -2.14. The summed E-state index contributed by atoms with van der Waals surface area (Å²) in [4.78, 5) is 0. The summed E-state index contributed by atoms with van der Waals surface area (Å²) in [5.74, 6) is 0. The Morgan fingerprint density at radius 3 is 2.69 bits per heavy atom. The average Bonchev–Trinajstić information content (AvgIpc) is 2.19. The van der Waals surface area contributed by atoms with Crippen LogP contribution in [0.2, 0.25) is 0 Å². The molecule has 1 nitrogen and oxygen atoms in total. The maximum atomic E-state index is 5.79. The fraction of sp³-hybridized carbons (Fsp3) is 0.333. The van der Waals surface area contributed by atoms with E-state index in [0.29, 0.717) is 0 Å². The van der Waals surface area contributed by atoms with Crippen LogP contribution in [0.1, 0.15) is 25.0 Å². The molecule has 0 unspecified atom stereocenters. The summed E-state index contributed by atoms with van der Waals surface area (Å²) in [6.07, 6.45) is 5.81. The van der Waals surface area contributed by atoms with Crippen molar-refractivity contribution in [1.82, 2.24) is 0 Å². The van der Waals surface area contributed by atoms with E-state index in [0.717, 1.165) is 6.42 Å². The smallest absolute Gasteiger partial charge is 0.0867 e. The summed E-state index contributed by atoms with van der Waals surface area (Å²) in [6.45, 7) is 2.08. The zero-order valence-electron chi connectivity index (χ0n) is 7.81. The van der Waals surface area contributed by atoms with Crippen LogP contribution in [-0.4, -0.2) is 6.10 Å². The van der Waals surface area contributed by atoms with Gasteiger partial charge < -0.3 is 4.74 Å². The Hall–Kier alpha value is -1.08. The van der Waals surface area contributed by atoms with Gasteiger partial charge in [0, 0.05) is 0 Å². The molecule has 2 atom stereocenters. The normalized spacial score (nSPS) is 27.5. The van der Waals surface area contributed by atoms with Crippen molar-refractivity contribution in [3.05, 3.63) is 48.0 Å². The van der Waals surface area contributed by atoms with Crippen molar-refractivity contribution in [3.63, 3.8) is 0 Å². The first-order valence-electron chi connectivity index (χ1n) is 4.73. The van der Waals surface area contributed by atoms with E-state index < -0.39 is 0 Å². The minimum atomic E-state index is 0.249. The first-order chi connectivity index (χ1) is 6.36. The molecule has 2 rings (SSSR count). The minimum absolute atomic E-state index is 0.249. The van der Waals surface area contributed by atoms with Crippen LogP contribution >= 0.6 is 0 Å². The van der Waals surface area contributed by atoms with Crippen LogP contribution < -0.4 is 0 Å². The zero-order valence-corrected chi connectivity index (χ0v) is 7.81. The molecule has 0 saturated carbocycles. The van der Waals surface area contributed by atoms with Crippen LogP contribution in [0.5, 0.6) is 0 Å². The highest BCUT2D eigenvalue weighted by atomic mass is 16.5. The van der Waals surface area contributed by atoms with Gasteiger partial charge >= 0.3 is 0 Å². The Bertz CT molecular complexity index is 289. The fourth-order valence-corrected chi connectivity index (χ4v) is 1.64. The predicted molar refractivity (Wildman–Crippen MR) is 53.5 cm³/mol. The van der Waals surface area contributed by atoms with Crippen LogP contribution in [-0.2, 0) is 4.74 Å². The van der Waals surface area contributed by atoms with Crippen LogP contribution in [0.3, 0.4) is 0 Å². The summed E-state index contributed by atoms with van der Waals surface area (Å²) in [7, 11) is 0. The topological polar surface area (TPSA) is 9.23 Å². The van der Waals surface area contributed by atoms with Crippen molar-refractivity contribution in [2.75, 3.05) is 0 Å². The number of rotatable bonds is 1. The van der Waals surface area contributed by atoms with Gasteiger partial charge in [0.2, 0.25) is 0 Å². The Labute approximate surface area is 79.0 Å². The monoisotopic (exact) mass is 174 g/mol. The van der Waals surface area contributed by atoms with Gasteiger partial charge in [-0.1, -0.05) is 42.5 Å². The van der Waals surface area contributed by atoms with Crippen molar-refractivity contribution in [2.24, 2.45) is 0 Å².